The van der Waals surface area contributed by atoms with Gasteiger partial charge in [-0.25, -0.2) is 0 Å². The van der Waals surface area contributed by atoms with Gasteiger partial charge in [-0.15, -0.1) is 0 Å². The quantitative estimate of drug-likeness (QED) is 0.0636. The van der Waals surface area contributed by atoms with Crippen LogP contribution in [0.15, 0.2) is 72.7 Å². The van der Waals surface area contributed by atoms with Crippen molar-refractivity contribution in [3.05, 3.63) is 89.4 Å². The number of aldehydes is 1. The first-order valence-electron chi connectivity index (χ1n) is 22.7. The summed E-state index contributed by atoms with van der Waals surface area (Å²) < 4.78 is 49.8. The van der Waals surface area contributed by atoms with Crippen molar-refractivity contribution < 1.29 is 66.6 Å². The number of carbonyl (C=O) groups is 5. The Bertz CT molecular complexity index is 1900. The maximum atomic E-state index is 13.5. The lowest BCUT2D eigenvalue weighted by molar-refractivity contribution is -0.125. The number of carbonyl (C=O) groups excluding carboxylic acids is 5. The molecule has 0 bridgehead atoms. The number of hydrogen-bond acceptors (Lipinski definition) is 14. The molecule has 18 nitrogen and oxygen atoms in total. The Morgan fingerprint density at radius 3 is 1.93 bits per heavy atom. The maximum absolute atomic E-state index is 13.5. The summed E-state index contributed by atoms with van der Waals surface area (Å²) in [4.78, 5) is 63.9. The summed E-state index contributed by atoms with van der Waals surface area (Å²) in [7, 11) is 4.74. The largest absolute Gasteiger partial charge is 0.493 e. The van der Waals surface area contributed by atoms with E-state index in [1.165, 1.54) is 47.5 Å². The first kappa shape index (κ1) is 55.5. The van der Waals surface area contributed by atoms with Crippen LogP contribution in [0, 0.1) is 0 Å². The van der Waals surface area contributed by atoms with E-state index in [2.05, 4.69) is 34.7 Å². The van der Waals surface area contributed by atoms with Crippen LogP contribution in [0.1, 0.15) is 71.7 Å². The fraction of sp³-hybridized carbons (Fsp3) is 0.531. The summed E-state index contributed by atoms with van der Waals surface area (Å²) in [5.41, 5.74) is 2.44. The lowest BCUT2D eigenvalue weighted by Crippen LogP contribution is -2.46. The third-order valence-corrected chi connectivity index (χ3v) is 10.2. The Morgan fingerprint density at radius 1 is 0.761 bits per heavy atom. The molecule has 2 aromatic rings. The Morgan fingerprint density at radius 2 is 1.36 bits per heavy atom. The van der Waals surface area contributed by atoms with Crippen molar-refractivity contribution in [2.75, 3.05) is 114 Å². The number of hydrogen-bond donors (Lipinski definition) is 3. The van der Waals surface area contributed by atoms with Gasteiger partial charge in [0.05, 0.1) is 91.6 Å². The maximum Gasteiger partial charge on any atom is 0.258 e. The van der Waals surface area contributed by atoms with Gasteiger partial charge in [0, 0.05) is 32.1 Å². The molecule has 1 aliphatic rings. The average molecular weight is 939 g/mol. The van der Waals surface area contributed by atoms with Crippen molar-refractivity contribution in [3.63, 3.8) is 0 Å². The molecule has 0 saturated heterocycles. The van der Waals surface area contributed by atoms with E-state index < -0.39 is 30.4 Å². The molecular weight excluding hydrogens is 869 g/mol. The van der Waals surface area contributed by atoms with E-state index in [1.54, 1.807) is 14.2 Å². The molecule has 1 atom stereocenters. The summed E-state index contributed by atoms with van der Waals surface area (Å²) in [6.07, 6.45) is 11.5. The van der Waals surface area contributed by atoms with Gasteiger partial charge in [-0.2, -0.15) is 0 Å². The van der Waals surface area contributed by atoms with Crippen molar-refractivity contribution in [2.24, 2.45) is 0 Å². The van der Waals surface area contributed by atoms with Crippen molar-refractivity contribution in [1.29, 1.82) is 0 Å². The number of allylic oxidation sites excluding steroid dienone is 4. The van der Waals surface area contributed by atoms with E-state index in [-0.39, 0.29) is 42.5 Å². The van der Waals surface area contributed by atoms with E-state index in [4.69, 9.17) is 42.6 Å². The van der Waals surface area contributed by atoms with Crippen LogP contribution in [0.3, 0.4) is 0 Å². The van der Waals surface area contributed by atoms with Crippen molar-refractivity contribution >= 4 is 29.9 Å². The minimum atomic E-state index is -0.804. The Kier molecular flexibility index (Phi) is 27.9. The number of amides is 4. The molecule has 0 fully saturated rings. The van der Waals surface area contributed by atoms with Crippen LogP contribution in [0.4, 0.5) is 0 Å². The molecular formula is C49H70N4O14. The second kappa shape index (κ2) is 33.6. The molecule has 0 saturated carbocycles. The van der Waals surface area contributed by atoms with Crippen LogP contribution in [0.25, 0.3) is 0 Å². The molecule has 18 heteroatoms. The van der Waals surface area contributed by atoms with Gasteiger partial charge < -0.3 is 63.5 Å². The number of aryl methyl sites for hydroxylation is 1. The molecule has 67 heavy (non-hydrogen) atoms. The summed E-state index contributed by atoms with van der Waals surface area (Å²) in [6, 6.07) is 9.68. The SMILES string of the molecule is C=CNC(=O)C(CCC)N(C)C(=O)c1c(C=O)cccc1OCC(=O)NCCOCCOCCOCCOCCOCCNC(=O)COC1=CC(CCCc2ccc(OC)c(OC)c2)=CCC1. The van der Waals surface area contributed by atoms with E-state index in [9.17, 15) is 24.0 Å². The highest BCUT2D eigenvalue weighted by atomic mass is 16.6. The van der Waals surface area contributed by atoms with E-state index in [0.717, 1.165) is 49.4 Å². The zero-order chi connectivity index (χ0) is 48.5. The number of ether oxygens (including phenoxy) is 9. The Balaban J connectivity index is 1.12. The van der Waals surface area contributed by atoms with Crippen LogP contribution in [-0.4, -0.2) is 154 Å². The number of rotatable bonds is 37. The van der Waals surface area contributed by atoms with Gasteiger partial charge >= 0.3 is 0 Å². The van der Waals surface area contributed by atoms with Crippen molar-refractivity contribution in [3.8, 4) is 17.2 Å². The summed E-state index contributed by atoms with van der Waals surface area (Å²) in [5, 5.41) is 8.00. The Labute approximate surface area is 394 Å². The molecule has 3 N–H and O–H groups in total. The monoisotopic (exact) mass is 938 g/mol. The smallest absolute Gasteiger partial charge is 0.258 e. The second-order valence-corrected chi connectivity index (χ2v) is 15.1. The molecule has 1 unspecified atom stereocenters. The average Bonchev–Trinajstić information content (AvgIpc) is 3.34. The number of nitrogens with zero attached hydrogens (tertiary/aromatic N) is 1. The molecule has 0 spiro atoms. The number of likely N-dealkylation sites (N-methyl/N-ethyl adjacent to an activating group) is 1. The topological polar surface area (TPSA) is 208 Å². The minimum Gasteiger partial charge on any atom is -0.493 e. The molecule has 2 aromatic carbocycles. The van der Waals surface area contributed by atoms with Crippen molar-refractivity contribution in [2.45, 2.75) is 57.9 Å². The van der Waals surface area contributed by atoms with Gasteiger partial charge in [-0.3, -0.25) is 24.0 Å². The van der Waals surface area contributed by atoms with Gasteiger partial charge in [0.15, 0.2) is 31.0 Å². The predicted octanol–water partition coefficient (Wildman–Crippen LogP) is 4.35. The van der Waals surface area contributed by atoms with Gasteiger partial charge in [0.1, 0.15) is 11.8 Å². The van der Waals surface area contributed by atoms with Gasteiger partial charge in [0.25, 0.3) is 17.7 Å². The molecule has 1 aliphatic carbocycles. The number of benzene rings is 2. The standard InChI is InChI=1S/C49H70N4O14/c1-6-11-41(48(57)50-7-2)53(3)49(58)47-39(34-54)15-10-17-43(47)67-36-46(56)52-21-23-62-25-27-64-29-31-65-30-28-63-26-24-61-22-20-51-45(55)35-66-40-16-9-14-37(32-40)12-8-13-38-18-19-42(59-4)44(33-38)60-5/h7,10,14-15,17-19,32-34,41H,2,6,8-9,11-13,16,20-31,35-36H2,1,3-5H3,(H,50,57)(H,51,55)(H,52,56). The first-order valence-corrected chi connectivity index (χ1v) is 22.7. The second-order valence-electron chi connectivity index (χ2n) is 15.1. The predicted molar refractivity (Wildman–Crippen MR) is 250 cm³/mol. The molecule has 370 valence electrons. The van der Waals surface area contributed by atoms with E-state index in [0.29, 0.717) is 85.1 Å². The molecule has 3 rings (SSSR count). The van der Waals surface area contributed by atoms with E-state index >= 15 is 0 Å². The van der Waals surface area contributed by atoms with Crippen LogP contribution in [0.2, 0.25) is 0 Å². The lowest BCUT2D eigenvalue weighted by atomic mass is 9.98. The van der Waals surface area contributed by atoms with Crippen LogP contribution in [-0.2, 0) is 49.2 Å². The van der Waals surface area contributed by atoms with E-state index in [1.807, 2.05) is 25.1 Å². The van der Waals surface area contributed by atoms with Crippen molar-refractivity contribution in [1.82, 2.24) is 20.9 Å². The zero-order valence-corrected chi connectivity index (χ0v) is 39.6. The zero-order valence-electron chi connectivity index (χ0n) is 39.6. The molecule has 0 heterocycles. The summed E-state index contributed by atoms with van der Waals surface area (Å²) in [6.45, 7) is 9.13. The van der Waals surface area contributed by atoms with Gasteiger partial charge in [-0.1, -0.05) is 44.2 Å². The lowest BCUT2D eigenvalue weighted by Gasteiger charge is -2.27. The number of methoxy groups -OCH3 is 2. The molecule has 4 amide bonds. The molecule has 0 radical (unpaired) electrons. The summed E-state index contributed by atoms with van der Waals surface area (Å²) in [5.74, 6) is 0.662. The van der Waals surface area contributed by atoms with Crippen LogP contribution < -0.4 is 30.2 Å². The van der Waals surface area contributed by atoms with Crippen LogP contribution in [0.5, 0.6) is 17.2 Å². The third kappa shape index (κ3) is 21.6. The van der Waals surface area contributed by atoms with Crippen LogP contribution >= 0.6 is 0 Å². The highest BCUT2D eigenvalue weighted by Gasteiger charge is 2.30. The van der Waals surface area contributed by atoms with Gasteiger partial charge in [-0.05, 0) is 73.7 Å². The van der Waals surface area contributed by atoms with Gasteiger partial charge in [0.2, 0.25) is 5.91 Å². The highest BCUT2D eigenvalue weighted by Crippen LogP contribution is 2.29. The fourth-order valence-corrected chi connectivity index (χ4v) is 6.75. The third-order valence-electron chi connectivity index (χ3n) is 10.2. The highest BCUT2D eigenvalue weighted by molar-refractivity contribution is 6.05. The summed E-state index contributed by atoms with van der Waals surface area (Å²) >= 11 is 0. The Hall–Kier alpha value is -5.79. The normalized spacial score (nSPS) is 12.5. The first-order chi connectivity index (χ1) is 32.6. The minimum absolute atomic E-state index is 0.0374. The number of nitrogens with one attached hydrogen (secondary N) is 3. The fourth-order valence-electron chi connectivity index (χ4n) is 6.75. The molecule has 0 aromatic heterocycles. The molecule has 0 aliphatic heterocycles.